The minimum Gasteiger partial charge on any atom is -0.454 e. The first-order valence-electron chi connectivity index (χ1n) is 5.75. The summed E-state index contributed by atoms with van der Waals surface area (Å²) < 4.78 is 16.1. The van der Waals surface area contributed by atoms with Gasteiger partial charge in [0, 0.05) is 23.2 Å². The van der Waals surface area contributed by atoms with Gasteiger partial charge in [-0.3, -0.25) is 0 Å². The van der Waals surface area contributed by atoms with Gasteiger partial charge in [0.2, 0.25) is 6.79 Å². The molecule has 0 amide bonds. The molecule has 2 aliphatic heterocycles. The molecule has 0 radical (unpaired) electrons. The van der Waals surface area contributed by atoms with Gasteiger partial charge < -0.3 is 19.5 Å². The fraction of sp³-hybridized carbons (Fsp3) is 0.500. The van der Waals surface area contributed by atoms with Crippen LogP contribution in [-0.4, -0.2) is 38.3 Å². The minimum absolute atomic E-state index is 0.335. The molecule has 1 N–H and O–H groups in total. The number of thioether (sulfide) groups is 1. The molecule has 2 aliphatic rings. The molecule has 1 aromatic rings. The number of hydrogen-bond acceptors (Lipinski definition) is 5. The van der Waals surface area contributed by atoms with Crippen molar-refractivity contribution in [2.24, 2.45) is 0 Å². The molecule has 1 saturated heterocycles. The van der Waals surface area contributed by atoms with Gasteiger partial charge in [0.1, 0.15) is 0 Å². The molecular weight excluding hydrogens is 238 g/mol. The van der Waals surface area contributed by atoms with E-state index in [1.54, 1.807) is 0 Å². The summed E-state index contributed by atoms with van der Waals surface area (Å²) in [6, 6.07) is 6.52. The Kier molecular flexibility index (Phi) is 3.40. The van der Waals surface area contributed by atoms with Crippen LogP contribution in [0, 0.1) is 0 Å². The topological polar surface area (TPSA) is 39.7 Å². The summed E-state index contributed by atoms with van der Waals surface area (Å²) in [5.74, 6) is 2.70. The number of nitrogens with one attached hydrogen (secondary N) is 1. The fourth-order valence-corrected chi connectivity index (χ4v) is 2.85. The van der Waals surface area contributed by atoms with Gasteiger partial charge in [0.15, 0.2) is 11.5 Å². The second-order valence-corrected chi connectivity index (χ2v) is 5.15. The van der Waals surface area contributed by atoms with Crippen molar-refractivity contribution in [1.82, 2.24) is 5.32 Å². The molecule has 1 aromatic carbocycles. The molecule has 1 atom stereocenters. The predicted octanol–water partition coefficient (Wildman–Crippen LogP) is 1.50. The van der Waals surface area contributed by atoms with Crippen molar-refractivity contribution < 1.29 is 14.2 Å². The molecule has 5 heteroatoms. The van der Waals surface area contributed by atoms with Crippen molar-refractivity contribution in [3.63, 3.8) is 0 Å². The Balaban J connectivity index is 1.57. The number of rotatable bonds is 3. The first-order valence-corrected chi connectivity index (χ1v) is 6.74. The Morgan fingerprint density at radius 1 is 1.29 bits per heavy atom. The highest BCUT2D eigenvalue weighted by molar-refractivity contribution is 7.99. The first-order chi connectivity index (χ1) is 8.42. The molecule has 4 nitrogen and oxygen atoms in total. The second-order valence-electron chi connectivity index (χ2n) is 4.05. The van der Waals surface area contributed by atoms with Crippen LogP contribution in [0.5, 0.6) is 11.5 Å². The molecule has 0 saturated carbocycles. The third-order valence-corrected chi connectivity index (χ3v) is 3.95. The summed E-state index contributed by atoms with van der Waals surface area (Å²) in [6.45, 7) is 2.91. The van der Waals surface area contributed by atoms with Gasteiger partial charge in [0.05, 0.1) is 13.2 Å². The van der Waals surface area contributed by atoms with E-state index in [0.717, 1.165) is 37.0 Å². The number of benzene rings is 1. The van der Waals surface area contributed by atoms with Crippen LogP contribution in [0.15, 0.2) is 23.1 Å². The van der Waals surface area contributed by atoms with Crippen LogP contribution < -0.4 is 14.8 Å². The number of hydrogen-bond donors (Lipinski definition) is 1. The molecular formula is C12H15NO3S. The van der Waals surface area contributed by atoms with Gasteiger partial charge in [-0.15, -0.1) is 11.8 Å². The van der Waals surface area contributed by atoms with E-state index in [1.165, 1.54) is 4.90 Å². The standard InChI is InChI=1S/C12H15NO3S/c1-2-11-12(16-8-15-11)5-10(1)17-7-9-6-14-4-3-13-9/h1-2,5,9,13H,3-4,6-8H2. The van der Waals surface area contributed by atoms with Gasteiger partial charge in [-0.05, 0) is 18.2 Å². The first kappa shape index (κ1) is 11.2. The number of fused-ring (bicyclic) bond motifs is 1. The minimum atomic E-state index is 0.335. The van der Waals surface area contributed by atoms with E-state index in [-0.39, 0.29) is 0 Å². The smallest absolute Gasteiger partial charge is 0.231 e. The van der Waals surface area contributed by atoms with E-state index in [0.29, 0.717) is 12.8 Å². The van der Waals surface area contributed by atoms with E-state index < -0.39 is 0 Å². The van der Waals surface area contributed by atoms with Crippen LogP contribution in [-0.2, 0) is 4.74 Å². The molecule has 3 rings (SSSR count). The third-order valence-electron chi connectivity index (χ3n) is 2.79. The zero-order valence-electron chi connectivity index (χ0n) is 9.48. The van der Waals surface area contributed by atoms with Crippen LogP contribution in [0.1, 0.15) is 0 Å². The lowest BCUT2D eigenvalue weighted by Gasteiger charge is -2.23. The van der Waals surface area contributed by atoms with Gasteiger partial charge in [-0.2, -0.15) is 0 Å². The van der Waals surface area contributed by atoms with E-state index in [2.05, 4.69) is 11.4 Å². The van der Waals surface area contributed by atoms with Crippen LogP contribution in [0.25, 0.3) is 0 Å². The Bertz CT molecular complexity index is 393. The molecule has 0 aromatic heterocycles. The van der Waals surface area contributed by atoms with E-state index >= 15 is 0 Å². The predicted molar refractivity (Wildman–Crippen MR) is 65.9 cm³/mol. The molecule has 2 heterocycles. The second kappa shape index (κ2) is 5.16. The lowest BCUT2D eigenvalue weighted by atomic mass is 10.3. The summed E-state index contributed by atoms with van der Waals surface area (Å²) >= 11 is 1.81. The van der Waals surface area contributed by atoms with Crippen LogP contribution >= 0.6 is 11.8 Å². The molecule has 0 spiro atoms. The van der Waals surface area contributed by atoms with E-state index in [9.17, 15) is 0 Å². The maximum Gasteiger partial charge on any atom is 0.231 e. The molecule has 1 unspecified atom stereocenters. The summed E-state index contributed by atoms with van der Waals surface area (Å²) in [5.41, 5.74) is 0. The summed E-state index contributed by atoms with van der Waals surface area (Å²) in [4.78, 5) is 1.21. The van der Waals surface area contributed by atoms with E-state index in [1.807, 2.05) is 23.9 Å². The van der Waals surface area contributed by atoms with Crippen molar-refractivity contribution in [1.29, 1.82) is 0 Å². The highest BCUT2D eigenvalue weighted by Crippen LogP contribution is 2.35. The van der Waals surface area contributed by atoms with E-state index in [4.69, 9.17) is 14.2 Å². The SMILES string of the molecule is c1cc2c(cc1SCC1COCCN1)OCO2. The molecule has 0 aliphatic carbocycles. The van der Waals surface area contributed by atoms with Crippen molar-refractivity contribution in [2.45, 2.75) is 10.9 Å². The van der Waals surface area contributed by atoms with Crippen molar-refractivity contribution in [2.75, 3.05) is 32.3 Å². The number of ether oxygens (including phenoxy) is 3. The van der Waals surface area contributed by atoms with Gasteiger partial charge in [0.25, 0.3) is 0 Å². The molecule has 92 valence electrons. The average molecular weight is 253 g/mol. The summed E-state index contributed by atoms with van der Waals surface area (Å²) in [5, 5.41) is 3.44. The Morgan fingerprint density at radius 3 is 3.12 bits per heavy atom. The Labute approximate surface area is 105 Å². The number of morpholine rings is 1. The fourth-order valence-electron chi connectivity index (χ4n) is 1.89. The van der Waals surface area contributed by atoms with Gasteiger partial charge >= 0.3 is 0 Å². The highest BCUT2D eigenvalue weighted by atomic mass is 32.2. The monoisotopic (exact) mass is 253 g/mol. The quantitative estimate of drug-likeness (QED) is 0.827. The lowest BCUT2D eigenvalue weighted by molar-refractivity contribution is 0.0837. The third kappa shape index (κ3) is 2.68. The van der Waals surface area contributed by atoms with Crippen LogP contribution in [0.4, 0.5) is 0 Å². The van der Waals surface area contributed by atoms with Crippen LogP contribution in [0.3, 0.4) is 0 Å². The van der Waals surface area contributed by atoms with Crippen molar-refractivity contribution >= 4 is 11.8 Å². The lowest BCUT2D eigenvalue weighted by Crippen LogP contribution is -2.42. The van der Waals surface area contributed by atoms with Crippen LogP contribution in [0.2, 0.25) is 0 Å². The van der Waals surface area contributed by atoms with Crippen molar-refractivity contribution in [3.05, 3.63) is 18.2 Å². The zero-order valence-corrected chi connectivity index (χ0v) is 10.3. The molecule has 1 fully saturated rings. The normalized spacial score (nSPS) is 22.7. The summed E-state index contributed by atoms with van der Waals surface area (Å²) in [6.07, 6.45) is 0. The average Bonchev–Trinajstić information content (AvgIpc) is 2.85. The largest absolute Gasteiger partial charge is 0.454 e. The Hall–Kier alpha value is -0.910. The van der Waals surface area contributed by atoms with Gasteiger partial charge in [-0.25, -0.2) is 0 Å². The highest BCUT2D eigenvalue weighted by Gasteiger charge is 2.16. The van der Waals surface area contributed by atoms with Gasteiger partial charge in [-0.1, -0.05) is 0 Å². The summed E-state index contributed by atoms with van der Waals surface area (Å²) in [7, 11) is 0. The molecule has 17 heavy (non-hydrogen) atoms. The maximum atomic E-state index is 5.42. The zero-order chi connectivity index (χ0) is 11.5. The maximum absolute atomic E-state index is 5.42. The Morgan fingerprint density at radius 2 is 2.24 bits per heavy atom. The van der Waals surface area contributed by atoms with Crippen molar-refractivity contribution in [3.8, 4) is 11.5 Å². The molecule has 0 bridgehead atoms.